The van der Waals surface area contributed by atoms with Crippen molar-refractivity contribution in [1.29, 1.82) is 0 Å². The monoisotopic (exact) mass is 317 g/mol. The number of hydrogen-bond acceptors (Lipinski definition) is 3. The third-order valence-corrected chi connectivity index (χ3v) is 2.51. The van der Waals surface area contributed by atoms with E-state index in [-0.39, 0.29) is 0 Å². The first-order valence-electron chi connectivity index (χ1n) is 3.34. The van der Waals surface area contributed by atoms with E-state index in [1.807, 2.05) is 0 Å². The largest absolute Gasteiger partial charge is 0.282 e. The highest BCUT2D eigenvalue weighted by Crippen LogP contribution is 2.34. The summed E-state index contributed by atoms with van der Waals surface area (Å²) < 4.78 is -3.26. The lowest BCUT2D eigenvalue weighted by Gasteiger charge is -2.39. The average molecular weight is 320 g/mol. The van der Waals surface area contributed by atoms with Crippen LogP contribution in [0.4, 0.5) is 0 Å². The van der Waals surface area contributed by atoms with Gasteiger partial charge in [0.1, 0.15) is 0 Å². The van der Waals surface area contributed by atoms with Gasteiger partial charge in [-0.25, -0.2) is 0 Å². The van der Waals surface area contributed by atoms with E-state index in [9.17, 15) is 0 Å². The molecule has 3 nitrogen and oxygen atoms in total. The SMILES string of the molecule is ClC(Cl)(Cl)N1C=CCN(C(Cl)(Cl)Cl)N1. The Bertz CT molecular complexity index is 231. The van der Waals surface area contributed by atoms with Crippen LogP contribution in [0.1, 0.15) is 0 Å². The summed E-state index contributed by atoms with van der Waals surface area (Å²) in [6.07, 6.45) is 3.22. The molecule has 1 aliphatic heterocycles. The van der Waals surface area contributed by atoms with E-state index in [1.54, 1.807) is 12.3 Å². The second-order valence-electron chi connectivity index (χ2n) is 2.40. The van der Waals surface area contributed by atoms with Crippen molar-refractivity contribution in [3.63, 3.8) is 0 Å². The summed E-state index contributed by atoms with van der Waals surface area (Å²) in [6, 6.07) is 0. The van der Waals surface area contributed by atoms with E-state index in [0.717, 1.165) is 0 Å². The number of nitrogens with zero attached hydrogens (tertiary/aromatic N) is 2. The van der Waals surface area contributed by atoms with Crippen LogP contribution in [0.3, 0.4) is 0 Å². The van der Waals surface area contributed by atoms with Gasteiger partial charge in [-0.1, -0.05) is 75.7 Å². The lowest BCUT2D eigenvalue weighted by Crippen LogP contribution is -2.58. The molecule has 0 atom stereocenters. The number of hydrazine groups is 2. The molecule has 1 heterocycles. The Morgan fingerprint density at radius 1 is 1.00 bits per heavy atom. The molecule has 14 heavy (non-hydrogen) atoms. The summed E-state index contributed by atoms with van der Waals surface area (Å²) in [5.41, 5.74) is 2.62. The van der Waals surface area contributed by atoms with Gasteiger partial charge in [-0.15, -0.1) is 0 Å². The van der Waals surface area contributed by atoms with E-state index in [1.165, 1.54) is 10.0 Å². The third-order valence-electron chi connectivity index (χ3n) is 1.35. The first-order chi connectivity index (χ1) is 6.21. The van der Waals surface area contributed by atoms with E-state index in [0.29, 0.717) is 6.54 Å². The maximum Gasteiger partial charge on any atom is 0.282 e. The standard InChI is InChI=1S/C5H5Cl6N3/c6-4(7,8)13-2-1-3-14(12-13)5(9,10)11/h1-2,12H,3H2. The van der Waals surface area contributed by atoms with Crippen LogP contribution in [0.5, 0.6) is 0 Å². The summed E-state index contributed by atoms with van der Waals surface area (Å²) in [4.78, 5) is 0. The Kier molecular flexibility index (Phi) is 4.36. The Morgan fingerprint density at radius 2 is 1.57 bits per heavy atom. The smallest absolute Gasteiger partial charge is 0.255 e. The van der Waals surface area contributed by atoms with Gasteiger partial charge in [0.25, 0.3) is 7.83 Å². The van der Waals surface area contributed by atoms with E-state index in [4.69, 9.17) is 69.6 Å². The molecule has 0 bridgehead atoms. The molecular weight excluding hydrogens is 315 g/mol. The topological polar surface area (TPSA) is 18.5 Å². The molecule has 1 rings (SSSR count). The number of halogens is 6. The zero-order chi connectivity index (χ0) is 11.0. The van der Waals surface area contributed by atoms with Gasteiger partial charge in [0.15, 0.2) is 0 Å². The second-order valence-corrected chi connectivity index (χ2v) is 6.84. The fraction of sp³-hybridized carbons (Fsp3) is 0.600. The summed E-state index contributed by atoms with van der Waals surface area (Å²) in [5, 5.41) is 2.46. The lowest BCUT2D eigenvalue weighted by molar-refractivity contribution is 0.0492. The minimum absolute atomic E-state index is 0.383. The fourth-order valence-electron chi connectivity index (χ4n) is 0.764. The van der Waals surface area contributed by atoms with Gasteiger partial charge in [0, 0.05) is 12.7 Å². The molecule has 0 fully saturated rings. The normalized spacial score (nSPS) is 20.3. The minimum atomic E-state index is -1.65. The van der Waals surface area contributed by atoms with Crippen molar-refractivity contribution < 1.29 is 0 Å². The Labute approximate surface area is 111 Å². The van der Waals surface area contributed by atoms with Crippen molar-refractivity contribution >= 4 is 69.6 Å². The van der Waals surface area contributed by atoms with Gasteiger partial charge in [-0.3, -0.25) is 5.01 Å². The van der Waals surface area contributed by atoms with Crippen LogP contribution >= 0.6 is 69.6 Å². The predicted octanol–water partition coefficient (Wildman–Crippen LogP) is 3.19. The van der Waals surface area contributed by atoms with Crippen LogP contribution in [0.2, 0.25) is 0 Å². The molecular formula is C5H5Cl6N3. The Balaban J connectivity index is 2.71. The molecule has 1 aliphatic rings. The average Bonchev–Trinajstić information content (AvgIpc) is 2.01. The van der Waals surface area contributed by atoms with Crippen LogP contribution in [-0.4, -0.2) is 24.4 Å². The number of hydrogen-bond donors (Lipinski definition) is 1. The highest BCUT2D eigenvalue weighted by molar-refractivity contribution is 6.67. The Morgan fingerprint density at radius 3 is 2.00 bits per heavy atom. The molecule has 0 radical (unpaired) electrons. The van der Waals surface area contributed by atoms with Crippen molar-refractivity contribution in [1.82, 2.24) is 15.6 Å². The molecule has 0 amide bonds. The molecule has 82 valence electrons. The fourth-order valence-corrected chi connectivity index (χ4v) is 1.37. The van der Waals surface area contributed by atoms with E-state index >= 15 is 0 Å². The van der Waals surface area contributed by atoms with Gasteiger partial charge in [-0.2, -0.15) is 10.5 Å². The van der Waals surface area contributed by atoms with Crippen LogP contribution in [-0.2, 0) is 0 Å². The first kappa shape index (κ1) is 13.3. The quantitative estimate of drug-likeness (QED) is 0.546. The second kappa shape index (κ2) is 4.60. The molecule has 0 saturated carbocycles. The highest BCUT2D eigenvalue weighted by atomic mass is 35.6. The molecule has 0 unspecified atom stereocenters. The third kappa shape index (κ3) is 3.65. The minimum Gasteiger partial charge on any atom is -0.255 e. The van der Waals surface area contributed by atoms with Gasteiger partial charge < -0.3 is 0 Å². The number of alkyl halides is 6. The van der Waals surface area contributed by atoms with Gasteiger partial charge in [0.2, 0.25) is 0 Å². The van der Waals surface area contributed by atoms with Crippen molar-refractivity contribution in [3.05, 3.63) is 12.3 Å². The molecule has 0 aromatic rings. The van der Waals surface area contributed by atoms with E-state index in [2.05, 4.69) is 5.53 Å². The zero-order valence-electron chi connectivity index (χ0n) is 6.52. The zero-order valence-corrected chi connectivity index (χ0v) is 11.1. The van der Waals surface area contributed by atoms with Crippen molar-refractivity contribution in [3.8, 4) is 0 Å². The molecule has 9 heteroatoms. The molecule has 0 saturated heterocycles. The van der Waals surface area contributed by atoms with Crippen LogP contribution < -0.4 is 5.53 Å². The molecule has 0 aromatic carbocycles. The molecule has 0 aromatic heterocycles. The van der Waals surface area contributed by atoms with Gasteiger partial charge in [0.05, 0.1) is 0 Å². The molecule has 0 aliphatic carbocycles. The molecule has 0 spiro atoms. The predicted molar refractivity (Wildman–Crippen MR) is 61.4 cm³/mol. The maximum atomic E-state index is 5.63. The van der Waals surface area contributed by atoms with E-state index < -0.39 is 7.83 Å². The summed E-state index contributed by atoms with van der Waals surface area (Å²) in [7, 11) is 0. The van der Waals surface area contributed by atoms with Crippen molar-refractivity contribution in [2.24, 2.45) is 0 Å². The molecule has 1 N–H and O–H groups in total. The Hall–Kier alpha value is 1.20. The summed E-state index contributed by atoms with van der Waals surface area (Å²) in [6.45, 7) is 0.383. The summed E-state index contributed by atoms with van der Waals surface area (Å²) in [5.74, 6) is 0. The van der Waals surface area contributed by atoms with Crippen LogP contribution in [0.15, 0.2) is 12.3 Å². The van der Waals surface area contributed by atoms with Crippen LogP contribution in [0, 0.1) is 0 Å². The number of nitrogens with one attached hydrogen (secondary N) is 1. The van der Waals surface area contributed by atoms with Gasteiger partial charge >= 0.3 is 0 Å². The van der Waals surface area contributed by atoms with Crippen molar-refractivity contribution in [2.75, 3.05) is 6.54 Å². The maximum absolute atomic E-state index is 5.63. The summed E-state index contributed by atoms with van der Waals surface area (Å²) >= 11 is 33.7. The van der Waals surface area contributed by atoms with Crippen LogP contribution in [0.25, 0.3) is 0 Å². The first-order valence-corrected chi connectivity index (χ1v) is 5.61. The lowest BCUT2D eigenvalue weighted by atomic mass is 10.5. The number of rotatable bonds is 0. The van der Waals surface area contributed by atoms with Gasteiger partial charge in [-0.05, 0) is 0 Å². The highest BCUT2D eigenvalue weighted by Gasteiger charge is 2.36. The van der Waals surface area contributed by atoms with Crippen molar-refractivity contribution in [2.45, 2.75) is 7.83 Å².